The number of rotatable bonds is 7. The number of fused-ring (bicyclic) bond motifs is 2. The minimum Gasteiger partial charge on any atom is -0.351 e. The molecule has 0 atom stereocenters. The van der Waals surface area contributed by atoms with Crippen molar-refractivity contribution >= 4 is 49.9 Å². The lowest BCUT2D eigenvalue weighted by Gasteiger charge is -2.30. The van der Waals surface area contributed by atoms with E-state index in [1.165, 1.54) is 39.9 Å². The zero-order valence-electron chi connectivity index (χ0n) is 22.1. The second kappa shape index (κ2) is 11.4. The number of imide groups is 1. The Kier molecular flexibility index (Phi) is 7.92. The van der Waals surface area contributed by atoms with Crippen LogP contribution >= 0.6 is 11.3 Å². The second-order valence-electron chi connectivity index (χ2n) is 9.84. The average molecular weight is 582 g/mol. The van der Waals surface area contributed by atoms with Crippen molar-refractivity contribution in [2.45, 2.75) is 44.0 Å². The molecule has 10 nitrogen and oxygen atoms in total. The molecule has 3 heterocycles. The third kappa shape index (κ3) is 5.47. The number of amides is 4. The number of sulfonamides is 1. The molecule has 0 radical (unpaired) electrons. The van der Waals surface area contributed by atoms with Crippen LogP contribution < -0.4 is 20.7 Å². The summed E-state index contributed by atoms with van der Waals surface area (Å²) in [7, 11) is -3.82. The predicted molar refractivity (Wildman–Crippen MR) is 154 cm³/mol. The number of para-hydroxylation sites is 1. The van der Waals surface area contributed by atoms with Crippen LogP contribution in [0.4, 0.5) is 15.5 Å². The van der Waals surface area contributed by atoms with Crippen LogP contribution in [0.2, 0.25) is 0 Å². The van der Waals surface area contributed by atoms with Gasteiger partial charge < -0.3 is 11.1 Å². The van der Waals surface area contributed by atoms with Gasteiger partial charge >= 0.3 is 6.03 Å². The topological polar surface area (TPSA) is 142 Å². The zero-order chi connectivity index (χ0) is 28.4. The highest BCUT2D eigenvalue weighted by Gasteiger charge is 2.31. The fourth-order valence-corrected chi connectivity index (χ4v) is 8.12. The maximum atomic E-state index is 13.5. The molecule has 4 amide bonds. The number of urea groups is 1. The van der Waals surface area contributed by atoms with Gasteiger partial charge in [-0.05, 0) is 73.7 Å². The van der Waals surface area contributed by atoms with Crippen LogP contribution in [-0.4, -0.2) is 50.8 Å². The molecular formula is C28H31N5O5S2. The molecule has 0 saturated carbocycles. The molecule has 2 aliphatic heterocycles. The Morgan fingerprint density at radius 3 is 2.48 bits per heavy atom. The first-order valence-corrected chi connectivity index (χ1v) is 15.4. The van der Waals surface area contributed by atoms with Crippen LogP contribution in [0.1, 0.15) is 56.5 Å². The van der Waals surface area contributed by atoms with Crippen molar-refractivity contribution in [3.63, 3.8) is 0 Å². The number of hydrogen-bond acceptors (Lipinski definition) is 7. The highest BCUT2D eigenvalue weighted by atomic mass is 32.2. The Morgan fingerprint density at radius 2 is 1.75 bits per heavy atom. The van der Waals surface area contributed by atoms with Crippen LogP contribution in [0.3, 0.4) is 0 Å². The highest BCUT2D eigenvalue weighted by Crippen LogP contribution is 2.38. The molecule has 0 fully saturated rings. The summed E-state index contributed by atoms with van der Waals surface area (Å²) >= 11 is 1.30. The summed E-state index contributed by atoms with van der Waals surface area (Å²) in [5.41, 5.74) is 8.13. The minimum atomic E-state index is -3.82. The van der Waals surface area contributed by atoms with Crippen LogP contribution in [-0.2, 0) is 29.4 Å². The molecule has 0 bridgehead atoms. The molecule has 3 aromatic rings. The molecule has 2 aromatic carbocycles. The van der Waals surface area contributed by atoms with E-state index in [9.17, 15) is 22.8 Å². The Hall–Kier alpha value is -3.74. The zero-order valence-corrected chi connectivity index (χ0v) is 23.7. The fourth-order valence-electron chi connectivity index (χ4n) is 5.30. The van der Waals surface area contributed by atoms with Crippen LogP contribution in [0.25, 0.3) is 0 Å². The van der Waals surface area contributed by atoms with Crippen molar-refractivity contribution < 1.29 is 22.8 Å². The van der Waals surface area contributed by atoms with Crippen molar-refractivity contribution in [2.75, 3.05) is 29.3 Å². The second-order valence-corrected chi connectivity index (χ2v) is 12.8. The highest BCUT2D eigenvalue weighted by molar-refractivity contribution is 7.92. The van der Waals surface area contributed by atoms with E-state index in [-0.39, 0.29) is 16.0 Å². The number of nitrogens with zero attached hydrogens (tertiary/aromatic N) is 2. The number of primary amides is 1. The first-order chi connectivity index (χ1) is 19.2. The smallest absolute Gasteiger partial charge is 0.319 e. The molecule has 4 N–H and O–H groups in total. The monoisotopic (exact) mass is 581 g/mol. The van der Waals surface area contributed by atoms with Gasteiger partial charge in [0.25, 0.3) is 21.8 Å². The molecule has 40 heavy (non-hydrogen) atoms. The van der Waals surface area contributed by atoms with Crippen LogP contribution in [0.5, 0.6) is 0 Å². The molecule has 1 aromatic heterocycles. The van der Waals surface area contributed by atoms with E-state index in [4.69, 9.17) is 5.73 Å². The third-order valence-corrected chi connectivity index (χ3v) is 10.1. The van der Waals surface area contributed by atoms with Crippen molar-refractivity contribution in [1.82, 2.24) is 10.2 Å². The van der Waals surface area contributed by atoms with E-state index in [0.717, 1.165) is 48.4 Å². The number of benzene rings is 2. The van der Waals surface area contributed by atoms with Gasteiger partial charge in [-0.3, -0.25) is 24.1 Å². The first kappa shape index (κ1) is 27.8. The van der Waals surface area contributed by atoms with Gasteiger partial charge in [-0.2, -0.15) is 0 Å². The quantitative estimate of drug-likeness (QED) is 0.388. The standard InChI is InChI=1S/C28H31N5O5S2/c1-2-14-32-16-13-21-23(17-32)39-27(24(21)26(35)31-28(29)36)30-25(34)19-9-11-20(12-10-19)40(37,38)33-15-5-7-18-6-3-4-8-22(18)33/h3-4,6,8-12H,2,5,7,13-17H2,1H3,(H,30,34)(H3,29,31,35,36). The molecule has 0 saturated heterocycles. The van der Waals surface area contributed by atoms with Gasteiger partial charge in [-0.15, -0.1) is 11.3 Å². The molecule has 0 spiro atoms. The van der Waals surface area contributed by atoms with Gasteiger partial charge in [0.2, 0.25) is 0 Å². The summed E-state index contributed by atoms with van der Waals surface area (Å²) in [6.07, 6.45) is 3.15. The number of hydrogen-bond donors (Lipinski definition) is 3. The van der Waals surface area contributed by atoms with Crippen molar-refractivity contribution in [3.8, 4) is 0 Å². The Morgan fingerprint density at radius 1 is 1.00 bits per heavy atom. The van der Waals surface area contributed by atoms with Crippen molar-refractivity contribution in [2.24, 2.45) is 5.73 Å². The molecule has 12 heteroatoms. The summed E-state index contributed by atoms with van der Waals surface area (Å²) in [6, 6.07) is 12.2. The minimum absolute atomic E-state index is 0.0879. The maximum Gasteiger partial charge on any atom is 0.319 e. The van der Waals surface area contributed by atoms with Gasteiger partial charge in [0.05, 0.1) is 16.1 Å². The molecule has 0 unspecified atom stereocenters. The normalized spacial score (nSPS) is 15.2. The molecular weight excluding hydrogens is 550 g/mol. The Labute approximate surface area is 237 Å². The lowest BCUT2D eigenvalue weighted by Crippen LogP contribution is -2.36. The van der Waals surface area contributed by atoms with Gasteiger partial charge in [0, 0.05) is 30.1 Å². The van der Waals surface area contributed by atoms with E-state index in [0.29, 0.717) is 30.2 Å². The number of carbonyl (C=O) groups excluding carboxylic acids is 3. The summed E-state index contributed by atoms with van der Waals surface area (Å²) in [5.74, 6) is -1.16. The van der Waals surface area contributed by atoms with Crippen LogP contribution in [0, 0.1) is 0 Å². The van der Waals surface area contributed by atoms with Crippen molar-refractivity contribution in [3.05, 3.63) is 75.7 Å². The van der Waals surface area contributed by atoms with E-state index in [1.54, 1.807) is 0 Å². The summed E-state index contributed by atoms with van der Waals surface area (Å²) < 4.78 is 28.3. The van der Waals surface area contributed by atoms with E-state index < -0.39 is 27.9 Å². The van der Waals surface area contributed by atoms with Crippen molar-refractivity contribution in [1.29, 1.82) is 0 Å². The Bertz CT molecular complexity index is 1570. The molecule has 0 aliphatic carbocycles. The van der Waals surface area contributed by atoms with E-state index >= 15 is 0 Å². The third-order valence-electron chi connectivity index (χ3n) is 7.14. The number of anilines is 2. The van der Waals surface area contributed by atoms with Gasteiger partial charge in [0.1, 0.15) is 5.00 Å². The van der Waals surface area contributed by atoms with E-state index in [2.05, 4.69) is 22.5 Å². The SMILES string of the molecule is CCCN1CCc2c(sc(NC(=O)c3ccc(S(=O)(=O)N4CCCc5ccccc54)cc3)c2C(=O)NC(N)=O)C1. The number of nitrogens with two attached hydrogens (primary N) is 1. The summed E-state index contributed by atoms with van der Waals surface area (Å²) in [5, 5.41) is 5.25. The van der Waals surface area contributed by atoms with Crippen LogP contribution in [0.15, 0.2) is 53.4 Å². The number of nitrogens with one attached hydrogen (secondary N) is 2. The summed E-state index contributed by atoms with van der Waals surface area (Å²) in [4.78, 5) is 40.8. The number of carbonyl (C=O) groups is 3. The summed E-state index contributed by atoms with van der Waals surface area (Å²) in [6.45, 7) is 4.81. The molecule has 210 valence electrons. The maximum absolute atomic E-state index is 13.5. The fraction of sp³-hybridized carbons (Fsp3) is 0.321. The largest absolute Gasteiger partial charge is 0.351 e. The lowest BCUT2D eigenvalue weighted by molar-refractivity contribution is 0.0965. The number of aryl methyl sites for hydroxylation is 1. The predicted octanol–water partition coefficient (Wildman–Crippen LogP) is 3.72. The van der Waals surface area contributed by atoms with Gasteiger partial charge in [-0.25, -0.2) is 13.2 Å². The lowest BCUT2D eigenvalue weighted by atomic mass is 10.0. The first-order valence-electron chi connectivity index (χ1n) is 13.2. The molecule has 5 rings (SSSR count). The van der Waals surface area contributed by atoms with Gasteiger partial charge in [0.15, 0.2) is 0 Å². The molecule has 2 aliphatic rings. The number of thiophene rings is 1. The van der Waals surface area contributed by atoms with E-state index in [1.807, 2.05) is 24.3 Å². The average Bonchev–Trinajstić information content (AvgIpc) is 3.29. The Balaban J connectivity index is 1.39. The van der Waals surface area contributed by atoms with Gasteiger partial charge in [-0.1, -0.05) is 25.1 Å².